The molecule has 0 saturated heterocycles. The van der Waals surface area contributed by atoms with Gasteiger partial charge in [-0.25, -0.2) is 9.18 Å². The lowest BCUT2D eigenvalue weighted by molar-refractivity contribution is -0.141. The van der Waals surface area contributed by atoms with Crippen molar-refractivity contribution < 1.29 is 19.0 Å². The molecule has 4 N–H and O–H groups in total. The van der Waals surface area contributed by atoms with Crippen molar-refractivity contribution in [1.29, 1.82) is 0 Å². The zero-order valence-corrected chi connectivity index (χ0v) is 19.3. The van der Waals surface area contributed by atoms with Crippen LogP contribution in [-0.2, 0) is 9.53 Å². The van der Waals surface area contributed by atoms with Crippen LogP contribution in [0.3, 0.4) is 0 Å². The van der Waals surface area contributed by atoms with E-state index in [0.717, 1.165) is 5.56 Å². The van der Waals surface area contributed by atoms with Gasteiger partial charge >= 0.3 is 5.97 Å². The first kappa shape index (κ1) is 24.8. The van der Waals surface area contributed by atoms with Crippen LogP contribution >= 0.6 is 0 Å². The summed E-state index contributed by atoms with van der Waals surface area (Å²) in [6.45, 7) is 4.11. The number of nitrogens with one attached hydrogen (secondary N) is 3. The molecule has 3 rings (SSSR count). The first-order chi connectivity index (χ1) is 16.3. The van der Waals surface area contributed by atoms with E-state index in [1.807, 2.05) is 44.2 Å². The fraction of sp³-hybridized carbons (Fsp3) is 0.333. The van der Waals surface area contributed by atoms with Gasteiger partial charge < -0.3 is 25.8 Å². The second-order valence-corrected chi connectivity index (χ2v) is 8.10. The molecule has 10 heteroatoms. The van der Waals surface area contributed by atoms with Crippen LogP contribution in [0.5, 0.6) is 0 Å². The summed E-state index contributed by atoms with van der Waals surface area (Å²) in [6, 6.07) is 14.4. The monoisotopic (exact) mass is 468 g/mol. The number of aromatic nitrogens is 3. The van der Waals surface area contributed by atoms with Crippen molar-refractivity contribution in [2.45, 2.75) is 32.4 Å². The highest BCUT2D eigenvalue weighted by Gasteiger charge is 2.22. The van der Waals surface area contributed by atoms with Gasteiger partial charge in [0.2, 0.25) is 17.8 Å². The Morgan fingerprint density at radius 3 is 2.41 bits per heavy atom. The minimum absolute atomic E-state index is 0.127. The number of aliphatic hydroxyl groups excluding tert-OH is 1. The lowest BCUT2D eigenvalue weighted by Crippen LogP contribution is -2.33. The molecule has 0 amide bonds. The highest BCUT2D eigenvalue weighted by atomic mass is 19.1. The Morgan fingerprint density at radius 1 is 1.03 bits per heavy atom. The van der Waals surface area contributed by atoms with E-state index >= 15 is 0 Å². The average molecular weight is 469 g/mol. The number of aliphatic hydroxyl groups is 1. The molecular weight excluding hydrogens is 439 g/mol. The van der Waals surface area contributed by atoms with E-state index in [1.165, 1.54) is 19.2 Å². The predicted octanol–water partition coefficient (Wildman–Crippen LogP) is 3.90. The molecule has 0 aliphatic carbocycles. The molecule has 0 aliphatic heterocycles. The number of benzene rings is 2. The van der Waals surface area contributed by atoms with Gasteiger partial charge in [0.15, 0.2) is 0 Å². The molecule has 1 heterocycles. The molecule has 2 aromatic carbocycles. The number of rotatable bonds is 11. The number of nitrogens with zero attached hydrogens (tertiary/aromatic N) is 3. The van der Waals surface area contributed by atoms with Crippen LogP contribution in [0.1, 0.15) is 31.9 Å². The highest BCUT2D eigenvalue weighted by Crippen LogP contribution is 2.19. The molecule has 0 bridgehead atoms. The van der Waals surface area contributed by atoms with Crippen molar-refractivity contribution in [2.75, 3.05) is 29.6 Å². The van der Waals surface area contributed by atoms with E-state index < -0.39 is 23.9 Å². The number of hydrogen-bond donors (Lipinski definition) is 4. The summed E-state index contributed by atoms with van der Waals surface area (Å²) in [5, 5.41) is 19.4. The number of ether oxygens (including phenoxy) is 1. The summed E-state index contributed by atoms with van der Waals surface area (Å²) in [7, 11) is 1.32. The van der Waals surface area contributed by atoms with Crippen LogP contribution in [0.4, 0.5) is 27.9 Å². The van der Waals surface area contributed by atoms with Gasteiger partial charge in [-0.15, -0.1) is 0 Å². The Labute approximate surface area is 197 Å². The fourth-order valence-corrected chi connectivity index (χ4v) is 3.24. The van der Waals surface area contributed by atoms with Crippen LogP contribution in [0, 0.1) is 11.7 Å². The van der Waals surface area contributed by atoms with Gasteiger partial charge in [-0.3, -0.25) is 0 Å². The maximum absolute atomic E-state index is 13.6. The quantitative estimate of drug-likeness (QED) is 0.310. The standard InChI is InChI=1S/C24H29FN6O3/c1-15(2)12-19(21(33)34-3)28-24-30-22(26-14-20(32)16-8-5-4-6-9-16)29-23(31-24)27-18-11-7-10-17(25)13-18/h4-11,13,15,19-20,32H,12,14H2,1-3H3,(H3,26,27,28,29,30,31)/t19-,20?/m0/s1. The Bertz CT molecular complexity index is 1080. The lowest BCUT2D eigenvalue weighted by Gasteiger charge is -2.19. The van der Waals surface area contributed by atoms with Crippen molar-refractivity contribution in [3.8, 4) is 0 Å². The number of anilines is 4. The lowest BCUT2D eigenvalue weighted by atomic mass is 10.0. The van der Waals surface area contributed by atoms with Gasteiger partial charge in [0.25, 0.3) is 0 Å². The van der Waals surface area contributed by atoms with Crippen molar-refractivity contribution in [3.05, 3.63) is 66.0 Å². The van der Waals surface area contributed by atoms with Crippen molar-refractivity contribution in [2.24, 2.45) is 5.92 Å². The maximum Gasteiger partial charge on any atom is 0.328 e. The first-order valence-electron chi connectivity index (χ1n) is 10.9. The number of hydrogen-bond acceptors (Lipinski definition) is 9. The Balaban J connectivity index is 1.85. The van der Waals surface area contributed by atoms with Crippen LogP contribution in [0.15, 0.2) is 54.6 Å². The molecule has 2 atom stereocenters. The molecule has 0 aliphatic rings. The van der Waals surface area contributed by atoms with Gasteiger partial charge in [0.05, 0.1) is 13.2 Å². The largest absolute Gasteiger partial charge is 0.467 e. The van der Waals surface area contributed by atoms with E-state index in [9.17, 15) is 14.3 Å². The first-order valence-corrected chi connectivity index (χ1v) is 10.9. The molecule has 180 valence electrons. The van der Waals surface area contributed by atoms with E-state index in [1.54, 1.807) is 12.1 Å². The predicted molar refractivity (Wildman–Crippen MR) is 128 cm³/mol. The fourth-order valence-electron chi connectivity index (χ4n) is 3.24. The summed E-state index contributed by atoms with van der Waals surface area (Å²) >= 11 is 0. The minimum Gasteiger partial charge on any atom is -0.467 e. The molecular formula is C24H29FN6O3. The topological polar surface area (TPSA) is 121 Å². The Hall–Kier alpha value is -3.79. The third kappa shape index (κ3) is 7.38. The summed E-state index contributed by atoms with van der Waals surface area (Å²) < 4.78 is 18.5. The molecule has 0 spiro atoms. The van der Waals surface area contributed by atoms with E-state index in [4.69, 9.17) is 4.74 Å². The third-order valence-electron chi connectivity index (χ3n) is 4.85. The van der Waals surface area contributed by atoms with Gasteiger partial charge in [-0.05, 0) is 36.1 Å². The van der Waals surface area contributed by atoms with Crippen LogP contribution in [0.2, 0.25) is 0 Å². The van der Waals surface area contributed by atoms with Gasteiger partial charge in [-0.2, -0.15) is 15.0 Å². The van der Waals surface area contributed by atoms with Gasteiger partial charge in [0.1, 0.15) is 11.9 Å². The molecule has 0 fully saturated rings. The zero-order chi connectivity index (χ0) is 24.5. The Morgan fingerprint density at radius 2 is 1.74 bits per heavy atom. The SMILES string of the molecule is COC(=O)[C@H](CC(C)C)Nc1nc(NCC(O)c2ccccc2)nc(Nc2cccc(F)c2)n1. The second-order valence-electron chi connectivity index (χ2n) is 8.10. The Kier molecular flexibility index (Phi) is 8.69. The van der Waals surface area contributed by atoms with Crippen LogP contribution in [-0.4, -0.2) is 45.7 Å². The second kappa shape index (κ2) is 11.9. The molecule has 3 aromatic rings. The number of carbonyl (C=O) groups is 1. The summed E-state index contributed by atoms with van der Waals surface area (Å²) in [4.78, 5) is 25.3. The molecule has 1 aromatic heterocycles. The van der Waals surface area contributed by atoms with E-state index in [-0.39, 0.29) is 30.3 Å². The van der Waals surface area contributed by atoms with E-state index in [0.29, 0.717) is 12.1 Å². The van der Waals surface area contributed by atoms with Crippen molar-refractivity contribution in [3.63, 3.8) is 0 Å². The maximum atomic E-state index is 13.6. The number of carbonyl (C=O) groups excluding carboxylic acids is 1. The minimum atomic E-state index is -0.794. The molecule has 34 heavy (non-hydrogen) atoms. The molecule has 1 unspecified atom stereocenters. The smallest absolute Gasteiger partial charge is 0.328 e. The van der Waals surface area contributed by atoms with Crippen LogP contribution < -0.4 is 16.0 Å². The number of esters is 1. The molecule has 0 saturated carbocycles. The van der Waals surface area contributed by atoms with Crippen molar-refractivity contribution >= 4 is 29.5 Å². The van der Waals surface area contributed by atoms with Gasteiger partial charge in [0, 0.05) is 12.2 Å². The normalized spacial score (nSPS) is 12.6. The van der Waals surface area contributed by atoms with Crippen LogP contribution in [0.25, 0.3) is 0 Å². The zero-order valence-electron chi connectivity index (χ0n) is 19.3. The average Bonchev–Trinajstić information content (AvgIpc) is 2.82. The summed E-state index contributed by atoms with van der Waals surface area (Å²) in [5.41, 5.74) is 1.18. The van der Waals surface area contributed by atoms with E-state index in [2.05, 4.69) is 30.9 Å². The summed E-state index contributed by atoms with van der Waals surface area (Å²) in [5.74, 6) is -0.219. The van der Waals surface area contributed by atoms with Crippen molar-refractivity contribution in [1.82, 2.24) is 15.0 Å². The molecule has 9 nitrogen and oxygen atoms in total. The molecule has 0 radical (unpaired) electrons. The van der Waals surface area contributed by atoms with Gasteiger partial charge in [-0.1, -0.05) is 50.2 Å². The number of halogens is 1. The third-order valence-corrected chi connectivity index (χ3v) is 4.85. The summed E-state index contributed by atoms with van der Waals surface area (Å²) in [6.07, 6.45) is -0.293. The number of methoxy groups -OCH3 is 1. The highest BCUT2D eigenvalue weighted by molar-refractivity contribution is 5.78.